The van der Waals surface area contributed by atoms with Gasteiger partial charge in [-0.1, -0.05) is 18.2 Å². The van der Waals surface area contributed by atoms with Crippen LogP contribution in [0.1, 0.15) is 13.3 Å². The van der Waals surface area contributed by atoms with E-state index in [9.17, 15) is 4.79 Å². The van der Waals surface area contributed by atoms with E-state index in [-0.39, 0.29) is 18.1 Å². The molecule has 0 atom stereocenters. The van der Waals surface area contributed by atoms with Gasteiger partial charge < -0.3 is 9.84 Å². The molecular weight excluding hydrogens is 180 g/mol. The number of hydrogen-bond acceptors (Lipinski definition) is 2. The van der Waals surface area contributed by atoms with Crippen molar-refractivity contribution in [2.75, 3.05) is 6.61 Å². The van der Waals surface area contributed by atoms with E-state index >= 15 is 0 Å². The van der Waals surface area contributed by atoms with Crippen LogP contribution in [0.15, 0.2) is 23.4 Å². The maximum atomic E-state index is 10.1. The predicted octanol–water partition coefficient (Wildman–Crippen LogP) is 2.13. The molecule has 1 N–H and O–H groups in total. The molecule has 0 aliphatic heterocycles. The third-order valence-electron chi connectivity index (χ3n) is 1.10. The van der Waals surface area contributed by atoms with Gasteiger partial charge in [-0.05, 0) is 13.0 Å². The molecule has 0 spiro atoms. The van der Waals surface area contributed by atoms with E-state index in [1.54, 1.807) is 13.0 Å². The molecule has 0 amide bonds. The minimum Gasteiger partial charge on any atom is -0.492 e. The highest BCUT2D eigenvalue weighted by atomic mass is 35.5. The van der Waals surface area contributed by atoms with E-state index in [0.29, 0.717) is 5.76 Å². The fourth-order valence-corrected chi connectivity index (χ4v) is 0.730. The van der Waals surface area contributed by atoms with Crippen molar-refractivity contribution in [3.8, 4) is 0 Å². The highest BCUT2D eigenvalue weighted by Gasteiger charge is 2.01. The number of rotatable bonds is 5. The zero-order valence-corrected chi connectivity index (χ0v) is 7.60. The number of ether oxygens (including phenoxy) is 1. The minimum atomic E-state index is -0.898. The molecule has 4 heteroatoms. The number of aliphatic carboxylic acids is 1. The van der Waals surface area contributed by atoms with Crippen LogP contribution >= 0.6 is 11.6 Å². The van der Waals surface area contributed by atoms with Crippen molar-refractivity contribution in [2.45, 2.75) is 13.3 Å². The first-order valence-corrected chi connectivity index (χ1v) is 3.81. The number of hydrogen-bond donors (Lipinski definition) is 1. The third-order valence-corrected chi connectivity index (χ3v) is 1.29. The van der Waals surface area contributed by atoms with Crippen molar-refractivity contribution in [2.24, 2.45) is 0 Å². The van der Waals surface area contributed by atoms with Gasteiger partial charge in [-0.25, -0.2) is 0 Å². The van der Waals surface area contributed by atoms with E-state index in [2.05, 4.69) is 6.58 Å². The fraction of sp³-hybridized carbons (Fsp3) is 0.375. The topological polar surface area (TPSA) is 46.5 Å². The maximum absolute atomic E-state index is 10.1. The standard InChI is InChI=1S/C8H11ClO3/c1-3-7(6(2)9)12-5-4-8(10)11/h3H,2,4-5H2,1H3,(H,10,11)/b7-3+. The number of halogens is 1. The van der Waals surface area contributed by atoms with Gasteiger partial charge in [-0.15, -0.1) is 0 Å². The summed E-state index contributed by atoms with van der Waals surface area (Å²) in [4.78, 5) is 10.1. The van der Waals surface area contributed by atoms with Gasteiger partial charge in [0.25, 0.3) is 0 Å². The monoisotopic (exact) mass is 190 g/mol. The van der Waals surface area contributed by atoms with Crippen LogP contribution < -0.4 is 0 Å². The Kier molecular flexibility index (Phi) is 5.21. The third kappa shape index (κ3) is 4.79. The first-order valence-electron chi connectivity index (χ1n) is 3.43. The summed E-state index contributed by atoms with van der Waals surface area (Å²) >= 11 is 5.52. The first-order chi connectivity index (χ1) is 5.57. The molecule has 0 aromatic heterocycles. The van der Waals surface area contributed by atoms with Crippen molar-refractivity contribution in [1.82, 2.24) is 0 Å². The lowest BCUT2D eigenvalue weighted by Gasteiger charge is -2.06. The average Bonchev–Trinajstić information content (AvgIpc) is 1.96. The molecule has 0 aromatic rings. The average molecular weight is 191 g/mol. The molecule has 0 fully saturated rings. The summed E-state index contributed by atoms with van der Waals surface area (Å²) < 4.78 is 5.01. The maximum Gasteiger partial charge on any atom is 0.306 e. The van der Waals surface area contributed by atoms with E-state index in [1.807, 2.05) is 0 Å². The van der Waals surface area contributed by atoms with Crippen LogP contribution in [-0.2, 0) is 9.53 Å². The van der Waals surface area contributed by atoms with Crippen LogP contribution in [0, 0.1) is 0 Å². The van der Waals surface area contributed by atoms with Gasteiger partial charge in [-0.3, -0.25) is 4.79 Å². The SMILES string of the molecule is C=C(Cl)/C(=C\C)OCCC(=O)O. The predicted molar refractivity (Wildman–Crippen MR) is 47.0 cm³/mol. The van der Waals surface area contributed by atoms with Crippen LogP contribution in [0.5, 0.6) is 0 Å². The van der Waals surface area contributed by atoms with Gasteiger partial charge in [-0.2, -0.15) is 0 Å². The molecule has 0 unspecified atom stereocenters. The molecule has 68 valence electrons. The quantitative estimate of drug-likeness (QED) is 0.534. The van der Waals surface area contributed by atoms with Gasteiger partial charge in [0.15, 0.2) is 0 Å². The lowest BCUT2D eigenvalue weighted by Crippen LogP contribution is -2.02. The number of carbonyl (C=O) groups is 1. The summed E-state index contributed by atoms with van der Waals surface area (Å²) in [6.07, 6.45) is 1.60. The van der Waals surface area contributed by atoms with Crippen molar-refractivity contribution < 1.29 is 14.6 Å². The van der Waals surface area contributed by atoms with Crippen molar-refractivity contribution in [3.05, 3.63) is 23.4 Å². The molecule has 0 aromatic carbocycles. The van der Waals surface area contributed by atoms with E-state index in [1.165, 1.54) is 0 Å². The normalized spacial score (nSPS) is 11.0. The summed E-state index contributed by atoms with van der Waals surface area (Å²) in [7, 11) is 0. The Morgan fingerprint density at radius 3 is 2.67 bits per heavy atom. The van der Waals surface area contributed by atoms with E-state index < -0.39 is 5.97 Å². The summed E-state index contributed by atoms with van der Waals surface area (Å²) in [6, 6.07) is 0. The van der Waals surface area contributed by atoms with Gasteiger partial charge in [0, 0.05) is 0 Å². The molecular formula is C8H11ClO3. The highest BCUT2D eigenvalue weighted by molar-refractivity contribution is 6.31. The first kappa shape index (κ1) is 11.0. The minimum absolute atomic E-state index is 0.0402. The summed E-state index contributed by atoms with van der Waals surface area (Å²) in [5, 5.41) is 8.56. The summed E-state index contributed by atoms with van der Waals surface area (Å²) in [5.41, 5.74) is 0. The van der Waals surface area contributed by atoms with Gasteiger partial charge in [0.05, 0.1) is 18.1 Å². The van der Waals surface area contributed by atoms with Gasteiger partial charge in [0.2, 0.25) is 0 Å². The molecule has 0 saturated heterocycles. The molecule has 0 rings (SSSR count). The molecule has 3 nitrogen and oxygen atoms in total. The molecule has 12 heavy (non-hydrogen) atoms. The van der Waals surface area contributed by atoms with Crippen LogP contribution in [0.4, 0.5) is 0 Å². The Morgan fingerprint density at radius 1 is 1.75 bits per heavy atom. The lowest BCUT2D eigenvalue weighted by atomic mass is 10.4. The molecule has 0 heterocycles. The zero-order valence-electron chi connectivity index (χ0n) is 6.84. The van der Waals surface area contributed by atoms with Crippen LogP contribution in [0.3, 0.4) is 0 Å². The molecule has 0 saturated carbocycles. The second-order valence-electron chi connectivity index (χ2n) is 2.05. The van der Waals surface area contributed by atoms with E-state index in [4.69, 9.17) is 21.4 Å². The van der Waals surface area contributed by atoms with Crippen molar-refractivity contribution in [1.29, 1.82) is 0 Å². The van der Waals surface area contributed by atoms with Crippen LogP contribution in [0.25, 0.3) is 0 Å². The van der Waals surface area contributed by atoms with Gasteiger partial charge >= 0.3 is 5.97 Å². The van der Waals surface area contributed by atoms with Crippen LogP contribution in [0.2, 0.25) is 0 Å². The molecule has 0 radical (unpaired) electrons. The Hall–Kier alpha value is -0.960. The lowest BCUT2D eigenvalue weighted by molar-refractivity contribution is -0.137. The molecule has 0 aliphatic rings. The molecule has 0 bridgehead atoms. The Balaban J connectivity index is 3.76. The van der Waals surface area contributed by atoms with Crippen LogP contribution in [-0.4, -0.2) is 17.7 Å². The summed E-state index contributed by atoms with van der Waals surface area (Å²) in [6.45, 7) is 5.30. The van der Waals surface area contributed by atoms with Gasteiger partial charge in [0.1, 0.15) is 5.76 Å². The summed E-state index contributed by atoms with van der Waals surface area (Å²) in [5.74, 6) is -0.469. The zero-order chi connectivity index (χ0) is 9.56. The fourth-order valence-electron chi connectivity index (χ4n) is 0.567. The Labute approximate surface area is 76.3 Å². The largest absolute Gasteiger partial charge is 0.492 e. The van der Waals surface area contributed by atoms with Crippen molar-refractivity contribution >= 4 is 17.6 Å². The number of carboxylic acid groups (broad SMARTS) is 1. The second kappa shape index (κ2) is 5.66. The Morgan fingerprint density at radius 2 is 2.33 bits per heavy atom. The molecule has 0 aliphatic carbocycles. The highest BCUT2D eigenvalue weighted by Crippen LogP contribution is 2.13. The smallest absolute Gasteiger partial charge is 0.306 e. The second-order valence-corrected chi connectivity index (χ2v) is 2.51. The van der Waals surface area contributed by atoms with E-state index in [0.717, 1.165) is 0 Å². The van der Waals surface area contributed by atoms with Crippen molar-refractivity contribution in [3.63, 3.8) is 0 Å². The number of carboxylic acids is 1. The number of allylic oxidation sites excluding steroid dienone is 2. The Bertz CT molecular complexity index is 208.